The highest BCUT2D eigenvalue weighted by Gasteiger charge is 2.13. The van der Waals surface area contributed by atoms with E-state index in [0.717, 1.165) is 26.1 Å². The van der Waals surface area contributed by atoms with Crippen molar-refractivity contribution in [1.29, 1.82) is 0 Å². The zero-order valence-electron chi connectivity index (χ0n) is 8.46. The molecule has 1 fully saturated rings. The van der Waals surface area contributed by atoms with Gasteiger partial charge in [0.1, 0.15) is 0 Å². The van der Waals surface area contributed by atoms with E-state index >= 15 is 0 Å². The molecule has 0 aromatic heterocycles. The fourth-order valence-corrected chi connectivity index (χ4v) is 1.54. The summed E-state index contributed by atoms with van der Waals surface area (Å²) in [7, 11) is 0. The third kappa shape index (κ3) is 4.60. The maximum absolute atomic E-state index is 9.25. The number of rotatable bonds is 5. The van der Waals surface area contributed by atoms with Crippen molar-refractivity contribution in [1.82, 2.24) is 5.32 Å². The van der Waals surface area contributed by atoms with Crippen molar-refractivity contribution in [2.75, 3.05) is 26.3 Å². The van der Waals surface area contributed by atoms with Gasteiger partial charge in [-0.25, -0.2) is 0 Å². The molecule has 1 unspecified atom stereocenters. The Morgan fingerprint density at radius 1 is 1.46 bits per heavy atom. The first-order valence-corrected chi connectivity index (χ1v) is 5.29. The van der Waals surface area contributed by atoms with E-state index in [1.807, 2.05) is 6.92 Å². The zero-order chi connectivity index (χ0) is 9.52. The lowest BCUT2D eigenvalue weighted by molar-refractivity contribution is 0.0153. The largest absolute Gasteiger partial charge is 0.391 e. The normalized spacial score (nSPS) is 21.7. The predicted molar refractivity (Wildman–Crippen MR) is 52.7 cm³/mol. The van der Waals surface area contributed by atoms with E-state index in [2.05, 4.69) is 5.32 Å². The molecular formula is C10H21NO2. The maximum atomic E-state index is 9.25. The van der Waals surface area contributed by atoms with E-state index in [1.165, 1.54) is 12.8 Å². The molecule has 0 bridgehead atoms. The number of aliphatic hydroxyl groups excluding tert-OH is 1. The van der Waals surface area contributed by atoms with Crippen molar-refractivity contribution in [3.63, 3.8) is 0 Å². The first-order valence-electron chi connectivity index (χ1n) is 5.29. The quantitative estimate of drug-likeness (QED) is 0.668. The van der Waals surface area contributed by atoms with E-state index in [9.17, 15) is 5.11 Å². The van der Waals surface area contributed by atoms with Gasteiger partial charge < -0.3 is 15.2 Å². The van der Waals surface area contributed by atoms with Gasteiger partial charge in [0.05, 0.1) is 12.7 Å². The van der Waals surface area contributed by atoms with Crippen LogP contribution in [0.25, 0.3) is 0 Å². The molecule has 0 saturated carbocycles. The van der Waals surface area contributed by atoms with Gasteiger partial charge in [0, 0.05) is 6.61 Å². The number of piperidine rings is 1. The highest BCUT2D eigenvalue weighted by atomic mass is 16.5. The maximum Gasteiger partial charge on any atom is 0.0771 e. The van der Waals surface area contributed by atoms with Gasteiger partial charge in [-0.2, -0.15) is 0 Å². The standard InChI is InChI=1S/C10H21NO2/c1-2-10(12)8-13-7-9-3-5-11-6-4-9/h9-12H,2-8H2,1H3. The van der Waals surface area contributed by atoms with Crippen LogP contribution in [-0.4, -0.2) is 37.5 Å². The Labute approximate surface area is 80.5 Å². The van der Waals surface area contributed by atoms with Gasteiger partial charge >= 0.3 is 0 Å². The summed E-state index contributed by atoms with van der Waals surface area (Å²) in [5.41, 5.74) is 0. The molecule has 1 atom stereocenters. The summed E-state index contributed by atoms with van der Waals surface area (Å²) < 4.78 is 5.45. The Bertz CT molecular complexity index is 124. The fraction of sp³-hybridized carbons (Fsp3) is 1.00. The van der Waals surface area contributed by atoms with Crippen LogP contribution in [0, 0.1) is 5.92 Å². The van der Waals surface area contributed by atoms with Crippen LogP contribution >= 0.6 is 0 Å². The Hall–Kier alpha value is -0.120. The van der Waals surface area contributed by atoms with E-state index < -0.39 is 0 Å². The summed E-state index contributed by atoms with van der Waals surface area (Å²) in [5, 5.41) is 12.6. The minimum absolute atomic E-state index is 0.276. The van der Waals surface area contributed by atoms with Crippen molar-refractivity contribution in [3.8, 4) is 0 Å². The predicted octanol–water partition coefficient (Wildman–Crippen LogP) is 0.773. The Balaban J connectivity index is 1.98. The van der Waals surface area contributed by atoms with E-state index in [4.69, 9.17) is 4.74 Å². The van der Waals surface area contributed by atoms with Gasteiger partial charge in [0.2, 0.25) is 0 Å². The number of aliphatic hydroxyl groups is 1. The lowest BCUT2D eigenvalue weighted by atomic mass is 9.99. The molecular weight excluding hydrogens is 166 g/mol. The summed E-state index contributed by atoms with van der Waals surface area (Å²) >= 11 is 0. The Morgan fingerprint density at radius 3 is 2.77 bits per heavy atom. The van der Waals surface area contributed by atoms with Gasteiger partial charge in [0.25, 0.3) is 0 Å². The average molecular weight is 187 g/mol. The number of ether oxygens (including phenoxy) is 1. The molecule has 13 heavy (non-hydrogen) atoms. The van der Waals surface area contributed by atoms with Crippen molar-refractivity contribution < 1.29 is 9.84 Å². The lowest BCUT2D eigenvalue weighted by Gasteiger charge is -2.22. The second-order valence-electron chi connectivity index (χ2n) is 3.79. The summed E-state index contributed by atoms with van der Waals surface area (Å²) in [6, 6.07) is 0. The summed E-state index contributed by atoms with van der Waals surface area (Å²) in [5.74, 6) is 0.699. The van der Waals surface area contributed by atoms with Crippen LogP contribution < -0.4 is 5.32 Å². The monoisotopic (exact) mass is 187 g/mol. The number of nitrogens with one attached hydrogen (secondary N) is 1. The van der Waals surface area contributed by atoms with Crippen molar-refractivity contribution in [2.24, 2.45) is 5.92 Å². The number of hydrogen-bond acceptors (Lipinski definition) is 3. The van der Waals surface area contributed by atoms with E-state index in [1.54, 1.807) is 0 Å². The molecule has 1 aliphatic heterocycles. The molecule has 1 rings (SSSR count). The minimum Gasteiger partial charge on any atom is -0.391 e. The first kappa shape index (κ1) is 11.0. The van der Waals surface area contributed by atoms with Crippen LogP contribution in [0.15, 0.2) is 0 Å². The average Bonchev–Trinajstić information content (AvgIpc) is 2.19. The molecule has 0 aromatic rings. The van der Waals surface area contributed by atoms with Crippen molar-refractivity contribution in [3.05, 3.63) is 0 Å². The Kier molecular flexibility index (Phi) is 5.35. The first-order chi connectivity index (χ1) is 6.33. The molecule has 0 radical (unpaired) electrons. The molecule has 3 heteroatoms. The fourth-order valence-electron chi connectivity index (χ4n) is 1.54. The number of hydrogen-bond donors (Lipinski definition) is 2. The van der Waals surface area contributed by atoms with Gasteiger partial charge in [-0.15, -0.1) is 0 Å². The van der Waals surface area contributed by atoms with Crippen LogP contribution in [0.4, 0.5) is 0 Å². The molecule has 1 heterocycles. The molecule has 78 valence electrons. The van der Waals surface area contributed by atoms with Crippen LogP contribution in [0.3, 0.4) is 0 Å². The van der Waals surface area contributed by atoms with Crippen LogP contribution in [0.1, 0.15) is 26.2 Å². The lowest BCUT2D eigenvalue weighted by Crippen LogP contribution is -2.30. The van der Waals surface area contributed by atoms with Crippen molar-refractivity contribution in [2.45, 2.75) is 32.3 Å². The minimum atomic E-state index is -0.276. The summed E-state index contributed by atoms with van der Waals surface area (Å²) in [4.78, 5) is 0. The highest BCUT2D eigenvalue weighted by molar-refractivity contribution is 4.67. The second-order valence-corrected chi connectivity index (χ2v) is 3.79. The topological polar surface area (TPSA) is 41.5 Å². The molecule has 1 saturated heterocycles. The van der Waals surface area contributed by atoms with Gasteiger partial charge in [0.15, 0.2) is 0 Å². The van der Waals surface area contributed by atoms with Gasteiger partial charge in [-0.3, -0.25) is 0 Å². The molecule has 3 nitrogen and oxygen atoms in total. The van der Waals surface area contributed by atoms with Crippen LogP contribution in [0.5, 0.6) is 0 Å². The molecule has 1 aliphatic rings. The summed E-state index contributed by atoms with van der Waals surface area (Å²) in [6.07, 6.45) is 2.93. The third-order valence-corrected chi connectivity index (χ3v) is 2.59. The van der Waals surface area contributed by atoms with Gasteiger partial charge in [-0.05, 0) is 38.3 Å². The zero-order valence-corrected chi connectivity index (χ0v) is 8.46. The molecule has 2 N–H and O–H groups in total. The van der Waals surface area contributed by atoms with Crippen LogP contribution in [0.2, 0.25) is 0 Å². The third-order valence-electron chi connectivity index (χ3n) is 2.59. The molecule has 0 amide bonds. The smallest absolute Gasteiger partial charge is 0.0771 e. The van der Waals surface area contributed by atoms with E-state index in [-0.39, 0.29) is 6.10 Å². The van der Waals surface area contributed by atoms with Crippen LogP contribution in [-0.2, 0) is 4.74 Å². The molecule has 0 aliphatic carbocycles. The second kappa shape index (κ2) is 6.35. The highest BCUT2D eigenvalue weighted by Crippen LogP contribution is 2.11. The summed E-state index contributed by atoms with van der Waals surface area (Å²) in [6.45, 7) is 5.52. The SMILES string of the molecule is CCC(O)COCC1CCNCC1. The Morgan fingerprint density at radius 2 is 2.15 bits per heavy atom. The molecule has 0 spiro atoms. The van der Waals surface area contributed by atoms with Crippen molar-refractivity contribution >= 4 is 0 Å². The molecule has 0 aromatic carbocycles. The van der Waals surface area contributed by atoms with E-state index in [0.29, 0.717) is 12.5 Å². The van der Waals surface area contributed by atoms with Gasteiger partial charge in [-0.1, -0.05) is 6.92 Å².